The van der Waals surface area contributed by atoms with Gasteiger partial charge in [0, 0.05) is 48.7 Å². The third-order valence-corrected chi connectivity index (χ3v) is 15.4. The number of sulfonamides is 1. The summed E-state index contributed by atoms with van der Waals surface area (Å²) in [6, 6.07) is 17.3. The number of rotatable bonds is 8. The molecule has 15 nitrogen and oxygen atoms in total. The summed E-state index contributed by atoms with van der Waals surface area (Å²) < 4.78 is 64.6. The van der Waals surface area contributed by atoms with E-state index in [1.807, 2.05) is 53.7 Å². The van der Waals surface area contributed by atoms with Crippen LogP contribution in [0.15, 0.2) is 91.9 Å². The highest BCUT2D eigenvalue weighted by Gasteiger charge is 2.39. The largest absolute Gasteiger partial charge is 0.393 e. The molecule has 60 heavy (non-hydrogen) atoms. The molecule has 2 fully saturated rings. The first-order chi connectivity index (χ1) is 28.3. The van der Waals surface area contributed by atoms with Crippen molar-refractivity contribution in [3.05, 3.63) is 95.6 Å². The number of hydrogen-bond acceptors (Lipinski definition) is 14. The summed E-state index contributed by atoms with van der Waals surface area (Å²) in [6.45, 7) is 11.6. The predicted octanol–water partition coefficient (Wildman–Crippen LogP) is 6.14. The quantitative estimate of drug-likeness (QED) is 0.134. The van der Waals surface area contributed by atoms with Crippen LogP contribution < -0.4 is 11.5 Å². The second-order valence-corrected chi connectivity index (χ2v) is 20.1. The first-order valence-electron chi connectivity index (χ1n) is 19.5. The predicted molar refractivity (Wildman–Crippen MR) is 227 cm³/mol. The summed E-state index contributed by atoms with van der Waals surface area (Å²) >= 11 is 0. The molecular formula is C43H49N7O8S2. The number of aromatic nitrogens is 4. The summed E-state index contributed by atoms with van der Waals surface area (Å²) in [5, 5.41) is 27.2. The molecule has 8 rings (SSSR count). The van der Waals surface area contributed by atoms with Gasteiger partial charge in [0.2, 0.25) is 10.0 Å². The minimum atomic E-state index is -3.72. The van der Waals surface area contributed by atoms with Crippen LogP contribution in [0.3, 0.4) is 0 Å². The van der Waals surface area contributed by atoms with E-state index < -0.39 is 37.3 Å². The third-order valence-electron chi connectivity index (χ3n) is 11.4. The first-order valence-corrected chi connectivity index (χ1v) is 22.5. The number of nitrogens with two attached hydrogens (primary N) is 2. The van der Waals surface area contributed by atoms with Gasteiger partial charge in [-0.25, -0.2) is 26.8 Å². The molecule has 316 valence electrons. The minimum absolute atomic E-state index is 0.0242. The molecule has 2 aliphatic rings. The second kappa shape index (κ2) is 16.5. The summed E-state index contributed by atoms with van der Waals surface area (Å²) in [5.74, 6) is 1.50. The lowest BCUT2D eigenvalue weighted by atomic mass is 10.00. The van der Waals surface area contributed by atoms with E-state index in [0.29, 0.717) is 47.2 Å². The molecule has 5 heterocycles. The van der Waals surface area contributed by atoms with Crippen LogP contribution in [0.25, 0.3) is 44.9 Å². The summed E-state index contributed by atoms with van der Waals surface area (Å²) in [7, 11) is -7.27. The Labute approximate surface area is 349 Å². The maximum Gasteiger partial charge on any atom is 0.243 e. The maximum atomic E-state index is 13.2. The second-order valence-electron chi connectivity index (χ2n) is 16.0. The zero-order chi connectivity index (χ0) is 43.3. The Kier molecular flexibility index (Phi) is 11.8. The SMILES string of the molecule is Cc1cc(-c2cc(-c3cc(S(=O)(=O)C4C[C@@H](C)[C@H](O)C4)ccc3C)cnc2N)on1.Cc1cc(-c2cc(-c3cc(S(=O)(=O)N4C[C@H](C)[C@@H](O)C4)ccc3C)cnc2N)on1. The van der Waals surface area contributed by atoms with Crippen LogP contribution in [0.4, 0.5) is 11.6 Å². The fourth-order valence-corrected chi connectivity index (χ4v) is 11.2. The number of β-amino-alcohol motifs (C(OH)–C–C–N with tert-alkyl or cyclic N) is 1. The van der Waals surface area contributed by atoms with Crippen molar-refractivity contribution >= 4 is 31.5 Å². The van der Waals surface area contributed by atoms with E-state index in [-0.39, 0.29) is 34.6 Å². The van der Waals surface area contributed by atoms with Crippen LogP contribution in [0.5, 0.6) is 0 Å². The van der Waals surface area contributed by atoms with Gasteiger partial charge in [0.05, 0.1) is 49.8 Å². The van der Waals surface area contributed by atoms with E-state index in [1.54, 1.807) is 60.9 Å². The van der Waals surface area contributed by atoms with Gasteiger partial charge in [-0.3, -0.25) is 0 Å². The molecule has 1 aliphatic carbocycles. The topological polar surface area (TPSA) is 242 Å². The van der Waals surface area contributed by atoms with Crippen LogP contribution >= 0.6 is 0 Å². The van der Waals surface area contributed by atoms with Gasteiger partial charge in [0.1, 0.15) is 11.6 Å². The van der Waals surface area contributed by atoms with Crippen molar-refractivity contribution in [2.45, 2.75) is 81.6 Å². The zero-order valence-electron chi connectivity index (χ0n) is 34.2. The molecule has 2 aromatic carbocycles. The van der Waals surface area contributed by atoms with Crippen molar-refractivity contribution in [3.8, 4) is 44.9 Å². The Bertz CT molecular complexity index is 2580. The normalized spacial score (nSPS) is 20.9. The Hall–Kier alpha value is -5.46. The van der Waals surface area contributed by atoms with Crippen LogP contribution in [0.2, 0.25) is 0 Å². The lowest BCUT2D eigenvalue weighted by Gasteiger charge is -2.17. The number of nitrogen functional groups attached to an aromatic ring is 2. The van der Waals surface area contributed by atoms with Crippen LogP contribution in [-0.2, 0) is 19.9 Å². The van der Waals surface area contributed by atoms with Gasteiger partial charge >= 0.3 is 0 Å². The Morgan fingerprint density at radius 1 is 0.633 bits per heavy atom. The number of anilines is 2. The van der Waals surface area contributed by atoms with Crippen molar-refractivity contribution in [1.29, 1.82) is 0 Å². The van der Waals surface area contributed by atoms with Gasteiger partial charge in [0.15, 0.2) is 21.4 Å². The van der Waals surface area contributed by atoms with Crippen molar-refractivity contribution in [2.24, 2.45) is 11.8 Å². The molecule has 4 aromatic heterocycles. The molecule has 1 unspecified atom stereocenters. The highest BCUT2D eigenvalue weighted by molar-refractivity contribution is 7.92. The fourth-order valence-electron chi connectivity index (χ4n) is 7.65. The number of aryl methyl sites for hydroxylation is 4. The molecule has 6 aromatic rings. The Balaban J connectivity index is 0.000000181. The van der Waals surface area contributed by atoms with E-state index in [2.05, 4.69) is 20.3 Å². The van der Waals surface area contributed by atoms with Gasteiger partial charge in [-0.05, 0) is 111 Å². The molecule has 0 radical (unpaired) electrons. The highest BCUT2D eigenvalue weighted by Crippen LogP contribution is 2.38. The lowest BCUT2D eigenvalue weighted by molar-refractivity contribution is 0.141. The number of nitrogens with zero attached hydrogens (tertiary/aromatic N) is 5. The van der Waals surface area contributed by atoms with Gasteiger partial charge in [-0.2, -0.15) is 4.31 Å². The number of sulfone groups is 1. The summed E-state index contributed by atoms with van der Waals surface area (Å²) in [4.78, 5) is 8.98. The average molecular weight is 856 g/mol. The molecule has 0 amide bonds. The molecular weight excluding hydrogens is 807 g/mol. The molecule has 6 N–H and O–H groups in total. The van der Waals surface area contributed by atoms with Gasteiger partial charge in [-0.1, -0.05) is 36.3 Å². The Morgan fingerprint density at radius 3 is 1.57 bits per heavy atom. The van der Waals surface area contributed by atoms with Crippen molar-refractivity contribution in [1.82, 2.24) is 24.6 Å². The molecule has 17 heteroatoms. The van der Waals surface area contributed by atoms with Crippen molar-refractivity contribution in [3.63, 3.8) is 0 Å². The molecule has 1 saturated carbocycles. The van der Waals surface area contributed by atoms with Gasteiger partial charge in [0.25, 0.3) is 0 Å². The average Bonchev–Trinajstić information content (AvgIpc) is 4.01. The van der Waals surface area contributed by atoms with Gasteiger partial charge in [-0.15, -0.1) is 0 Å². The Morgan fingerprint density at radius 2 is 1.13 bits per heavy atom. The van der Waals surface area contributed by atoms with E-state index in [0.717, 1.165) is 44.8 Å². The van der Waals surface area contributed by atoms with Gasteiger partial charge < -0.3 is 30.7 Å². The fraction of sp³-hybridized carbons (Fsp3) is 0.349. The van der Waals surface area contributed by atoms with E-state index in [4.69, 9.17) is 20.5 Å². The number of aliphatic hydroxyl groups is 2. The first kappa shape index (κ1) is 42.7. The van der Waals surface area contributed by atoms with Crippen LogP contribution in [-0.4, -0.2) is 82.2 Å². The third kappa shape index (κ3) is 8.45. The standard InChI is InChI=1S/C22H25N3O4S.C21H24N4O4S/c1-12-4-5-16(30(27,28)17-6-13(2)20(26)10-17)9-18(12)15-8-19(22(23)24-11-15)21-7-14(3)25-29-21;1-12-4-5-16(30(27,28)25-10-13(2)19(26)11-25)8-17(12)15-7-18(21(22)23-9-15)20-6-14(3)24-29-20/h4-5,7-9,11,13,17,20,26H,6,10H2,1-3H3,(H2,23,24);4-9,13,19,26H,10-11H2,1-3H3,(H2,22,23)/t13-,17?,20-;13-,19-/m10/s1. The van der Waals surface area contributed by atoms with Crippen molar-refractivity contribution < 1.29 is 36.1 Å². The number of aliphatic hydroxyl groups excluding tert-OH is 2. The van der Waals surface area contributed by atoms with E-state index in [1.165, 1.54) is 4.31 Å². The molecule has 0 bridgehead atoms. The van der Waals surface area contributed by atoms with Crippen LogP contribution in [0.1, 0.15) is 49.2 Å². The monoisotopic (exact) mass is 855 g/mol. The number of hydrogen-bond donors (Lipinski definition) is 4. The molecule has 5 atom stereocenters. The maximum absolute atomic E-state index is 13.2. The minimum Gasteiger partial charge on any atom is -0.393 e. The van der Waals surface area contributed by atoms with Crippen molar-refractivity contribution in [2.75, 3.05) is 24.6 Å². The van der Waals surface area contributed by atoms with E-state index >= 15 is 0 Å². The summed E-state index contributed by atoms with van der Waals surface area (Å²) in [5.41, 5.74) is 19.5. The smallest absolute Gasteiger partial charge is 0.243 e. The molecule has 1 saturated heterocycles. The molecule has 1 aliphatic heterocycles. The zero-order valence-corrected chi connectivity index (χ0v) is 35.8. The molecule has 0 spiro atoms. The van der Waals surface area contributed by atoms with E-state index in [9.17, 15) is 27.0 Å². The van der Waals surface area contributed by atoms with Crippen LogP contribution in [0, 0.1) is 39.5 Å². The number of pyridine rings is 2. The summed E-state index contributed by atoms with van der Waals surface area (Å²) in [6.07, 6.45) is 2.74. The highest BCUT2D eigenvalue weighted by atomic mass is 32.2. The lowest BCUT2D eigenvalue weighted by Crippen LogP contribution is -2.29. The number of benzene rings is 2.